The number of fused-ring (bicyclic) bond motifs is 6. The average molecular weight is 824 g/mol. The minimum Gasteiger partial charge on any atom is -0.507 e. The molecule has 0 atom stereocenters. The normalized spacial score (nSPS) is 12.6. The number of nitrogens with zero attached hydrogens (tertiary/aromatic N) is 3. The van der Waals surface area contributed by atoms with Crippen LogP contribution in [0.5, 0.6) is 5.75 Å². The molecule has 0 amide bonds. The Morgan fingerprint density at radius 2 is 1.22 bits per heavy atom. The lowest BCUT2D eigenvalue weighted by Gasteiger charge is -2.28. The molecule has 0 unspecified atom stereocenters. The molecule has 0 radical (unpaired) electrons. The highest BCUT2D eigenvalue weighted by molar-refractivity contribution is 6.15. The first-order chi connectivity index (χ1) is 30.0. The van der Waals surface area contributed by atoms with Gasteiger partial charge in [0.15, 0.2) is 5.58 Å². The van der Waals surface area contributed by atoms with Crippen molar-refractivity contribution in [3.05, 3.63) is 168 Å². The van der Waals surface area contributed by atoms with Gasteiger partial charge in [-0.25, -0.2) is 4.98 Å². The summed E-state index contributed by atoms with van der Waals surface area (Å²) in [4.78, 5) is 10.6. The maximum Gasteiger partial charge on any atom is 0.153 e. The van der Waals surface area contributed by atoms with Crippen molar-refractivity contribution in [1.82, 2.24) is 14.5 Å². The van der Waals surface area contributed by atoms with Gasteiger partial charge in [0.2, 0.25) is 0 Å². The van der Waals surface area contributed by atoms with Crippen molar-refractivity contribution in [3.8, 4) is 56.3 Å². The highest BCUT2D eigenvalue weighted by Gasteiger charge is 2.30. The van der Waals surface area contributed by atoms with E-state index >= 15 is 0 Å². The van der Waals surface area contributed by atoms with Crippen molar-refractivity contribution in [2.24, 2.45) is 0 Å². The Morgan fingerprint density at radius 3 is 1.98 bits per heavy atom. The van der Waals surface area contributed by atoms with Gasteiger partial charge in [-0.3, -0.25) is 9.55 Å². The SMILES string of the molecule is CC(C)(C)c1ccc(-n2c(-c3cc(C(C)(C)C)cc(C(C)(C)C)c3O)nc3c(-c4cccc(-c5cc6c(cn5)oc5c7ccccc7ccc65)c4)cccc32)c(-c2ccccc2)c1. The van der Waals surface area contributed by atoms with E-state index in [0.29, 0.717) is 11.4 Å². The maximum absolute atomic E-state index is 12.5. The molecule has 0 fully saturated rings. The number of pyridine rings is 1. The predicted octanol–water partition coefficient (Wildman–Crippen LogP) is 15.7. The topological polar surface area (TPSA) is 64.1 Å². The number of phenols is 1. The van der Waals surface area contributed by atoms with Crippen LogP contribution in [0.3, 0.4) is 0 Å². The smallest absolute Gasteiger partial charge is 0.153 e. The Bertz CT molecular complexity index is 3400. The lowest BCUT2D eigenvalue weighted by molar-refractivity contribution is 0.446. The number of furan rings is 1. The standard InChI is InChI=1S/C58H53N3O2/c1-56(2,3)39-26-28-49(44(30-39)35-17-11-10-12-18-35)61-50-24-16-23-41(52(50)60-55(61)46-31-40(57(4,5)6)32-47(53(46)62)58(7,8)9)37-20-15-21-38(29-37)48-33-45-43-27-25-36-19-13-14-22-42(36)54(43)63-51(45)34-59-48/h10-34,62H,1-9H3. The number of aromatic nitrogens is 3. The van der Waals surface area contributed by atoms with E-state index in [4.69, 9.17) is 14.4 Å². The van der Waals surface area contributed by atoms with E-state index in [2.05, 4.69) is 212 Å². The van der Waals surface area contributed by atoms with Gasteiger partial charge in [-0.15, -0.1) is 0 Å². The molecular formula is C58H53N3O2. The predicted molar refractivity (Wildman–Crippen MR) is 263 cm³/mol. The maximum atomic E-state index is 12.5. The first-order valence-electron chi connectivity index (χ1n) is 22.0. The second-order valence-corrected chi connectivity index (χ2v) is 20.1. The van der Waals surface area contributed by atoms with E-state index in [1.165, 1.54) is 5.56 Å². The number of hydrogen-bond acceptors (Lipinski definition) is 4. The third kappa shape index (κ3) is 6.96. The molecule has 5 heteroatoms. The molecule has 3 heterocycles. The molecule has 63 heavy (non-hydrogen) atoms. The fraction of sp³-hybridized carbons (Fsp3) is 0.207. The van der Waals surface area contributed by atoms with Crippen LogP contribution in [0.4, 0.5) is 0 Å². The molecule has 5 nitrogen and oxygen atoms in total. The summed E-state index contributed by atoms with van der Waals surface area (Å²) in [5.74, 6) is 0.944. The summed E-state index contributed by atoms with van der Waals surface area (Å²) in [6.45, 7) is 19.9. The van der Waals surface area contributed by atoms with Gasteiger partial charge in [0.05, 0.1) is 34.2 Å². The van der Waals surface area contributed by atoms with Crippen molar-refractivity contribution in [3.63, 3.8) is 0 Å². The molecule has 7 aromatic carbocycles. The number of imidazole rings is 1. The number of hydrogen-bond donors (Lipinski definition) is 1. The van der Waals surface area contributed by atoms with Crippen molar-refractivity contribution in [1.29, 1.82) is 0 Å². The third-order valence-electron chi connectivity index (χ3n) is 12.6. The van der Waals surface area contributed by atoms with E-state index in [9.17, 15) is 5.11 Å². The van der Waals surface area contributed by atoms with E-state index in [0.717, 1.165) is 94.1 Å². The minimum atomic E-state index is -0.320. The van der Waals surface area contributed by atoms with Gasteiger partial charge in [0.25, 0.3) is 0 Å². The number of aromatic hydroxyl groups is 1. The molecule has 0 aliphatic carbocycles. The Balaban J connectivity index is 1.22. The van der Waals surface area contributed by atoms with Crippen LogP contribution >= 0.6 is 0 Å². The van der Waals surface area contributed by atoms with Crippen LogP contribution in [0.15, 0.2) is 156 Å². The summed E-state index contributed by atoms with van der Waals surface area (Å²) in [7, 11) is 0. The van der Waals surface area contributed by atoms with Gasteiger partial charge in [-0.1, -0.05) is 165 Å². The molecule has 0 bridgehead atoms. The molecule has 312 valence electrons. The van der Waals surface area contributed by atoms with Crippen molar-refractivity contribution >= 4 is 43.7 Å². The Kier molecular flexibility index (Phi) is 9.27. The van der Waals surface area contributed by atoms with Crippen LogP contribution in [0.2, 0.25) is 0 Å². The number of benzene rings is 7. The monoisotopic (exact) mass is 823 g/mol. The van der Waals surface area contributed by atoms with Gasteiger partial charge in [0.1, 0.15) is 17.2 Å². The fourth-order valence-corrected chi connectivity index (χ4v) is 9.03. The van der Waals surface area contributed by atoms with Crippen molar-refractivity contribution in [2.45, 2.75) is 78.6 Å². The van der Waals surface area contributed by atoms with Crippen LogP contribution in [-0.4, -0.2) is 19.6 Å². The van der Waals surface area contributed by atoms with Crippen LogP contribution in [0.25, 0.3) is 94.3 Å². The zero-order valence-electron chi connectivity index (χ0n) is 37.6. The lowest BCUT2D eigenvalue weighted by atomic mass is 9.79. The average Bonchev–Trinajstić information content (AvgIpc) is 3.84. The third-order valence-corrected chi connectivity index (χ3v) is 12.6. The summed E-state index contributed by atoms with van der Waals surface area (Å²) in [5, 5.41) is 16.8. The first-order valence-corrected chi connectivity index (χ1v) is 22.0. The van der Waals surface area contributed by atoms with E-state index in [-0.39, 0.29) is 22.0 Å². The molecule has 0 saturated heterocycles. The second-order valence-electron chi connectivity index (χ2n) is 20.1. The zero-order valence-corrected chi connectivity index (χ0v) is 37.6. The summed E-state index contributed by atoms with van der Waals surface area (Å²) in [6.07, 6.45) is 1.85. The molecule has 10 aromatic rings. The van der Waals surface area contributed by atoms with Gasteiger partial charge in [0, 0.05) is 38.4 Å². The van der Waals surface area contributed by atoms with Gasteiger partial charge < -0.3 is 9.52 Å². The quantitative estimate of drug-likeness (QED) is 0.188. The Hall–Kier alpha value is -6.98. The molecule has 10 rings (SSSR count). The molecule has 1 N–H and O–H groups in total. The van der Waals surface area contributed by atoms with E-state index < -0.39 is 0 Å². The molecular weight excluding hydrogens is 771 g/mol. The summed E-state index contributed by atoms with van der Waals surface area (Å²) in [5.41, 5.74) is 13.9. The summed E-state index contributed by atoms with van der Waals surface area (Å²) >= 11 is 0. The van der Waals surface area contributed by atoms with Crippen LogP contribution in [-0.2, 0) is 16.2 Å². The summed E-state index contributed by atoms with van der Waals surface area (Å²) < 4.78 is 8.69. The highest BCUT2D eigenvalue weighted by Crippen LogP contribution is 2.46. The van der Waals surface area contributed by atoms with Crippen molar-refractivity contribution in [2.75, 3.05) is 0 Å². The van der Waals surface area contributed by atoms with E-state index in [1.807, 2.05) is 6.20 Å². The molecule has 0 saturated carbocycles. The fourth-order valence-electron chi connectivity index (χ4n) is 9.03. The van der Waals surface area contributed by atoms with E-state index in [1.54, 1.807) is 0 Å². The molecule has 0 aliphatic heterocycles. The Morgan fingerprint density at radius 1 is 0.524 bits per heavy atom. The van der Waals surface area contributed by atoms with Gasteiger partial charge >= 0.3 is 0 Å². The highest BCUT2D eigenvalue weighted by atomic mass is 16.3. The Labute approximate surface area is 369 Å². The lowest BCUT2D eigenvalue weighted by Crippen LogP contribution is -2.17. The zero-order chi connectivity index (χ0) is 44.0. The largest absolute Gasteiger partial charge is 0.507 e. The number of phenolic OH excluding ortho intramolecular Hbond substituents is 1. The van der Waals surface area contributed by atoms with Crippen LogP contribution in [0, 0.1) is 0 Å². The van der Waals surface area contributed by atoms with Crippen LogP contribution < -0.4 is 0 Å². The molecule has 3 aromatic heterocycles. The van der Waals surface area contributed by atoms with Gasteiger partial charge in [-0.2, -0.15) is 0 Å². The summed E-state index contributed by atoms with van der Waals surface area (Å²) in [6, 6.07) is 51.5. The second kappa shape index (κ2) is 14.6. The number of rotatable bonds is 5. The number of para-hydroxylation sites is 1. The first kappa shape index (κ1) is 40.1. The molecule has 0 aliphatic rings. The van der Waals surface area contributed by atoms with Gasteiger partial charge in [-0.05, 0) is 86.3 Å². The minimum absolute atomic E-state index is 0.0700. The molecule has 0 spiro atoms. The van der Waals surface area contributed by atoms with Crippen molar-refractivity contribution < 1.29 is 9.52 Å². The van der Waals surface area contributed by atoms with Crippen LogP contribution in [0.1, 0.15) is 79.0 Å².